The summed E-state index contributed by atoms with van der Waals surface area (Å²) in [6.45, 7) is 1.58. The Bertz CT molecular complexity index is 812. The molecule has 1 N–H and O–H groups in total. The van der Waals surface area contributed by atoms with Gasteiger partial charge in [0.05, 0.1) is 21.3 Å². The van der Waals surface area contributed by atoms with Crippen molar-refractivity contribution in [3.05, 3.63) is 47.5 Å². The van der Waals surface area contributed by atoms with E-state index in [-0.39, 0.29) is 24.0 Å². The summed E-state index contributed by atoms with van der Waals surface area (Å²) in [5.41, 5.74) is 1.49. The molecule has 0 aromatic heterocycles. The van der Waals surface area contributed by atoms with Crippen LogP contribution in [0.1, 0.15) is 36.3 Å². The standard InChI is InChI=1S/C22H27NO5/c1-26-16-8-6-15(7-9-16)18(14-21(25)23-10-4-5-11-23)22-19(24)12-17(27-2)13-20(22)28-3/h6-9,12-13,18,24H,4-5,10-11,14H2,1-3H3/t18-/m1/s1. The van der Waals surface area contributed by atoms with Crippen molar-refractivity contribution in [2.75, 3.05) is 34.4 Å². The number of ether oxygens (including phenoxy) is 3. The van der Waals surface area contributed by atoms with Crippen molar-refractivity contribution in [2.45, 2.75) is 25.2 Å². The van der Waals surface area contributed by atoms with Crippen LogP contribution in [0.3, 0.4) is 0 Å². The zero-order chi connectivity index (χ0) is 20.1. The van der Waals surface area contributed by atoms with E-state index in [4.69, 9.17) is 14.2 Å². The third-order valence-electron chi connectivity index (χ3n) is 5.25. The van der Waals surface area contributed by atoms with Crippen molar-refractivity contribution in [2.24, 2.45) is 0 Å². The van der Waals surface area contributed by atoms with Gasteiger partial charge in [-0.15, -0.1) is 0 Å². The van der Waals surface area contributed by atoms with E-state index in [0.29, 0.717) is 17.1 Å². The number of carbonyl (C=O) groups excluding carboxylic acids is 1. The fraction of sp³-hybridized carbons (Fsp3) is 0.409. The summed E-state index contributed by atoms with van der Waals surface area (Å²) < 4.78 is 16.0. The van der Waals surface area contributed by atoms with Gasteiger partial charge in [-0.05, 0) is 30.5 Å². The Morgan fingerprint density at radius 1 is 1.00 bits per heavy atom. The smallest absolute Gasteiger partial charge is 0.223 e. The molecular formula is C22H27NO5. The molecular weight excluding hydrogens is 358 g/mol. The van der Waals surface area contributed by atoms with Crippen molar-refractivity contribution >= 4 is 5.91 Å². The molecule has 0 unspecified atom stereocenters. The van der Waals surface area contributed by atoms with Crippen LogP contribution in [0.25, 0.3) is 0 Å². The van der Waals surface area contributed by atoms with Gasteiger partial charge in [0.15, 0.2) is 0 Å². The van der Waals surface area contributed by atoms with E-state index in [1.807, 2.05) is 29.2 Å². The van der Waals surface area contributed by atoms with Crippen LogP contribution in [0.2, 0.25) is 0 Å². The molecule has 6 heteroatoms. The largest absolute Gasteiger partial charge is 0.507 e. The number of hydrogen-bond donors (Lipinski definition) is 1. The Labute approximate surface area is 165 Å². The number of nitrogens with zero attached hydrogens (tertiary/aromatic N) is 1. The number of carbonyl (C=O) groups is 1. The molecule has 1 saturated heterocycles. The van der Waals surface area contributed by atoms with Gasteiger partial charge in [0.1, 0.15) is 23.0 Å². The van der Waals surface area contributed by atoms with Gasteiger partial charge < -0.3 is 24.2 Å². The van der Waals surface area contributed by atoms with Crippen molar-refractivity contribution in [1.29, 1.82) is 0 Å². The maximum absolute atomic E-state index is 12.9. The Hall–Kier alpha value is -2.89. The van der Waals surface area contributed by atoms with Crippen LogP contribution in [0.15, 0.2) is 36.4 Å². The summed E-state index contributed by atoms with van der Waals surface area (Å²) >= 11 is 0. The lowest BCUT2D eigenvalue weighted by atomic mass is 9.86. The van der Waals surface area contributed by atoms with Crippen LogP contribution in [-0.4, -0.2) is 50.3 Å². The number of benzene rings is 2. The van der Waals surface area contributed by atoms with Gasteiger partial charge in [0, 0.05) is 43.1 Å². The highest BCUT2D eigenvalue weighted by atomic mass is 16.5. The van der Waals surface area contributed by atoms with E-state index in [1.54, 1.807) is 26.4 Å². The SMILES string of the molecule is COc1ccc([C@@H](CC(=O)N2CCCC2)c2c(O)cc(OC)cc2OC)cc1. The number of phenolic OH excluding ortho intramolecular Hbond substituents is 1. The lowest BCUT2D eigenvalue weighted by Crippen LogP contribution is -2.29. The number of methoxy groups -OCH3 is 3. The molecule has 1 amide bonds. The summed E-state index contributed by atoms with van der Waals surface area (Å²) in [4.78, 5) is 14.8. The third kappa shape index (κ3) is 4.16. The molecule has 2 aromatic rings. The molecule has 1 atom stereocenters. The number of aromatic hydroxyl groups is 1. The minimum atomic E-state index is -0.347. The zero-order valence-electron chi connectivity index (χ0n) is 16.6. The number of rotatable bonds is 7. The molecule has 1 aliphatic rings. The van der Waals surface area contributed by atoms with Gasteiger partial charge >= 0.3 is 0 Å². The quantitative estimate of drug-likeness (QED) is 0.789. The average Bonchev–Trinajstić information content (AvgIpc) is 3.26. The van der Waals surface area contributed by atoms with Gasteiger partial charge in [-0.2, -0.15) is 0 Å². The topological polar surface area (TPSA) is 68.2 Å². The van der Waals surface area contributed by atoms with Crippen molar-refractivity contribution in [3.8, 4) is 23.0 Å². The molecule has 0 aliphatic carbocycles. The number of phenols is 1. The second-order valence-corrected chi connectivity index (χ2v) is 6.88. The van der Waals surface area contributed by atoms with Gasteiger partial charge in [0.2, 0.25) is 5.91 Å². The number of hydrogen-bond acceptors (Lipinski definition) is 5. The minimum absolute atomic E-state index is 0.0474. The second-order valence-electron chi connectivity index (χ2n) is 6.88. The molecule has 0 spiro atoms. The van der Waals surface area contributed by atoms with Crippen LogP contribution >= 0.6 is 0 Å². The van der Waals surface area contributed by atoms with E-state index >= 15 is 0 Å². The molecule has 6 nitrogen and oxygen atoms in total. The molecule has 150 valence electrons. The van der Waals surface area contributed by atoms with Crippen molar-refractivity contribution < 1.29 is 24.1 Å². The van der Waals surface area contributed by atoms with Gasteiger partial charge in [-0.3, -0.25) is 4.79 Å². The predicted octanol–water partition coefficient (Wildman–Crippen LogP) is 3.56. The molecule has 0 radical (unpaired) electrons. The number of likely N-dealkylation sites (tertiary alicyclic amines) is 1. The molecule has 0 bridgehead atoms. The van der Waals surface area contributed by atoms with Crippen LogP contribution in [0.4, 0.5) is 0 Å². The van der Waals surface area contributed by atoms with Crippen LogP contribution in [-0.2, 0) is 4.79 Å². The monoisotopic (exact) mass is 385 g/mol. The summed E-state index contributed by atoms with van der Waals surface area (Å²) in [6.07, 6.45) is 2.33. The lowest BCUT2D eigenvalue weighted by Gasteiger charge is -2.24. The van der Waals surface area contributed by atoms with E-state index in [0.717, 1.165) is 37.2 Å². The molecule has 1 fully saturated rings. The highest BCUT2D eigenvalue weighted by molar-refractivity contribution is 5.78. The Morgan fingerprint density at radius 3 is 2.21 bits per heavy atom. The van der Waals surface area contributed by atoms with E-state index in [1.165, 1.54) is 7.11 Å². The normalized spacial score (nSPS) is 14.6. The van der Waals surface area contributed by atoms with Gasteiger partial charge in [-0.1, -0.05) is 12.1 Å². The average molecular weight is 385 g/mol. The van der Waals surface area contributed by atoms with Gasteiger partial charge in [0.25, 0.3) is 0 Å². The Kier molecular flexibility index (Phi) is 6.29. The number of amides is 1. The van der Waals surface area contributed by atoms with Gasteiger partial charge in [-0.25, -0.2) is 0 Å². The maximum atomic E-state index is 12.9. The molecule has 1 aliphatic heterocycles. The van der Waals surface area contributed by atoms with Crippen LogP contribution in [0, 0.1) is 0 Å². The molecule has 1 heterocycles. The Balaban J connectivity index is 2.03. The first-order valence-electron chi connectivity index (χ1n) is 9.44. The van der Waals surface area contributed by atoms with E-state index < -0.39 is 0 Å². The van der Waals surface area contributed by atoms with Crippen LogP contribution < -0.4 is 14.2 Å². The summed E-state index contributed by atoms with van der Waals surface area (Å²) in [5, 5.41) is 10.7. The predicted molar refractivity (Wildman–Crippen MR) is 106 cm³/mol. The van der Waals surface area contributed by atoms with Crippen LogP contribution in [0.5, 0.6) is 23.0 Å². The highest BCUT2D eigenvalue weighted by Gasteiger charge is 2.28. The van der Waals surface area contributed by atoms with Crippen molar-refractivity contribution in [1.82, 2.24) is 4.90 Å². The maximum Gasteiger partial charge on any atom is 0.223 e. The fourth-order valence-electron chi connectivity index (χ4n) is 3.72. The summed E-state index contributed by atoms with van der Waals surface area (Å²) in [7, 11) is 4.69. The molecule has 28 heavy (non-hydrogen) atoms. The fourth-order valence-corrected chi connectivity index (χ4v) is 3.72. The summed E-state index contributed by atoms with van der Waals surface area (Å²) in [6, 6.07) is 10.8. The van der Waals surface area contributed by atoms with E-state index in [2.05, 4.69) is 0 Å². The highest BCUT2D eigenvalue weighted by Crippen LogP contribution is 2.43. The molecule has 0 saturated carbocycles. The van der Waals surface area contributed by atoms with E-state index in [9.17, 15) is 9.90 Å². The minimum Gasteiger partial charge on any atom is -0.507 e. The second kappa shape index (κ2) is 8.87. The first-order valence-corrected chi connectivity index (χ1v) is 9.44. The Morgan fingerprint density at radius 2 is 1.64 bits per heavy atom. The lowest BCUT2D eigenvalue weighted by molar-refractivity contribution is -0.130. The third-order valence-corrected chi connectivity index (χ3v) is 5.25. The molecule has 2 aromatic carbocycles. The summed E-state index contributed by atoms with van der Waals surface area (Å²) in [5.74, 6) is 1.50. The zero-order valence-corrected chi connectivity index (χ0v) is 16.6. The first kappa shape index (κ1) is 19.9. The first-order chi connectivity index (χ1) is 13.6. The van der Waals surface area contributed by atoms with Crippen molar-refractivity contribution in [3.63, 3.8) is 0 Å². The molecule has 3 rings (SSSR count).